The second kappa shape index (κ2) is 5.37. The fourth-order valence-electron chi connectivity index (χ4n) is 2.85. The molecule has 0 bridgehead atoms. The van der Waals surface area contributed by atoms with Crippen molar-refractivity contribution in [2.45, 2.75) is 45.2 Å². The lowest BCUT2D eigenvalue weighted by atomic mass is 9.87. The number of hydrogen-bond acceptors (Lipinski definition) is 3. The Labute approximate surface area is 112 Å². The molecule has 0 aliphatic heterocycles. The van der Waals surface area contributed by atoms with Gasteiger partial charge in [-0.2, -0.15) is 0 Å². The van der Waals surface area contributed by atoms with Crippen molar-refractivity contribution in [3.63, 3.8) is 0 Å². The van der Waals surface area contributed by atoms with Gasteiger partial charge in [-0.1, -0.05) is 31.9 Å². The molecule has 1 saturated carbocycles. The zero-order valence-electron chi connectivity index (χ0n) is 10.9. The standard InChI is InChI=1S/C15H20N2S/c1-11-5-4-6-12(9-11)16-10-15-17-13-7-2-3-8-14(13)18-15/h2-3,7-8,11-12,16H,4-6,9-10H2,1H3. The van der Waals surface area contributed by atoms with E-state index in [0.717, 1.165) is 18.0 Å². The Morgan fingerprint density at radius 3 is 3.06 bits per heavy atom. The molecule has 1 aromatic carbocycles. The van der Waals surface area contributed by atoms with Crippen LogP contribution in [0.4, 0.5) is 0 Å². The van der Waals surface area contributed by atoms with Crippen molar-refractivity contribution < 1.29 is 0 Å². The van der Waals surface area contributed by atoms with Crippen LogP contribution in [0.2, 0.25) is 0 Å². The Morgan fingerprint density at radius 1 is 1.33 bits per heavy atom. The fourth-order valence-corrected chi connectivity index (χ4v) is 3.76. The maximum absolute atomic E-state index is 4.67. The monoisotopic (exact) mass is 260 g/mol. The van der Waals surface area contributed by atoms with Gasteiger partial charge in [0.05, 0.1) is 10.2 Å². The molecule has 1 fully saturated rings. The molecule has 2 unspecified atom stereocenters. The minimum absolute atomic E-state index is 0.695. The highest BCUT2D eigenvalue weighted by molar-refractivity contribution is 7.18. The summed E-state index contributed by atoms with van der Waals surface area (Å²) < 4.78 is 1.30. The Hall–Kier alpha value is -0.930. The van der Waals surface area contributed by atoms with Crippen molar-refractivity contribution >= 4 is 21.6 Å². The quantitative estimate of drug-likeness (QED) is 0.903. The van der Waals surface area contributed by atoms with Gasteiger partial charge in [0.15, 0.2) is 0 Å². The van der Waals surface area contributed by atoms with Crippen LogP contribution in [0.1, 0.15) is 37.6 Å². The van der Waals surface area contributed by atoms with E-state index in [4.69, 9.17) is 0 Å². The molecule has 96 valence electrons. The highest BCUT2D eigenvalue weighted by Crippen LogP contribution is 2.25. The van der Waals surface area contributed by atoms with Crippen molar-refractivity contribution in [3.8, 4) is 0 Å². The summed E-state index contributed by atoms with van der Waals surface area (Å²) >= 11 is 1.81. The van der Waals surface area contributed by atoms with Crippen LogP contribution in [0.15, 0.2) is 24.3 Å². The van der Waals surface area contributed by atoms with Crippen molar-refractivity contribution in [2.24, 2.45) is 5.92 Å². The Balaban J connectivity index is 1.62. The predicted molar refractivity (Wildman–Crippen MR) is 77.9 cm³/mol. The van der Waals surface area contributed by atoms with Gasteiger partial charge in [-0.3, -0.25) is 0 Å². The van der Waals surface area contributed by atoms with Crippen molar-refractivity contribution in [1.82, 2.24) is 10.3 Å². The fraction of sp³-hybridized carbons (Fsp3) is 0.533. The first-order chi connectivity index (χ1) is 8.81. The number of thiazole rings is 1. The van der Waals surface area contributed by atoms with Crippen LogP contribution in [0, 0.1) is 5.92 Å². The topological polar surface area (TPSA) is 24.9 Å². The van der Waals surface area contributed by atoms with E-state index in [-0.39, 0.29) is 0 Å². The van der Waals surface area contributed by atoms with Gasteiger partial charge in [0.25, 0.3) is 0 Å². The number of fused-ring (bicyclic) bond motifs is 1. The maximum atomic E-state index is 4.67. The molecule has 0 radical (unpaired) electrons. The average molecular weight is 260 g/mol. The summed E-state index contributed by atoms with van der Waals surface area (Å²) in [6.45, 7) is 3.29. The largest absolute Gasteiger partial charge is 0.308 e. The smallest absolute Gasteiger partial charge is 0.108 e. The zero-order valence-corrected chi connectivity index (χ0v) is 11.7. The van der Waals surface area contributed by atoms with Crippen LogP contribution in [-0.2, 0) is 6.54 Å². The van der Waals surface area contributed by atoms with Gasteiger partial charge in [-0.05, 0) is 30.9 Å². The van der Waals surface area contributed by atoms with Gasteiger partial charge in [0, 0.05) is 12.6 Å². The molecule has 1 aromatic heterocycles. The normalized spacial score (nSPS) is 24.5. The number of hydrogen-bond donors (Lipinski definition) is 1. The molecule has 0 amide bonds. The number of nitrogens with one attached hydrogen (secondary N) is 1. The molecule has 2 nitrogen and oxygen atoms in total. The van der Waals surface area contributed by atoms with Gasteiger partial charge < -0.3 is 5.32 Å². The van der Waals surface area contributed by atoms with Crippen LogP contribution >= 0.6 is 11.3 Å². The van der Waals surface area contributed by atoms with Crippen LogP contribution in [-0.4, -0.2) is 11.0 Å². The number of aromatic nitrogens is 1. The van der Waals surface area contributed by atoms with Crippen molar-refractivity contribution in [1.29, 1.82) is 0 Å². The molecule has 0 spiro atoms. The first kappa shape index (κ1) is 12.1. The molecule has 1 aliphatic carbocycles. The second-order valence-electron chi connectivity index (χ2n) is 5.42. The average Bonchev–Trinajstić information content (AvgIpc) is 2.79. The molecular formula is C15H20N2S. The SMILES string of the molecule is CC1CCCC(NCc2nc3ccccc3s2)C1. The first-order valence-electron chi connectivity index (χ1n) is 6.89. The van der Waals surface area contributed by atoms with Gasteiger partial charge in [-0.25, -0.2) is 4.98 Å². The minimum Gasteiger partial charge on any atom is -0.308 e. The van der Waals surface area contributed by atoms with Gasteiger partial charge >= 0.3 is 0 Å². The highest BCUT2D eigenvalue weighted by atomic mass is 32.1. The molecule has 2 aromatic rings. The lowest BCUT2D eigenvalue weighted by Crippen LogP contribution is -2.32. The Kier molecular flexibility index (Phi) is 3.62. The molecule has 3 rings (SSSR count). The van der Waals surface area contributed by atoms with Crippen molar-refractivity contribution in [3.05, 3.63) is 29.3 Å². The maximum Gasteiger partial charge on any atom is 0.108 e. The lowest BCUT2D eigenvalue weighted by Gasteiger charge is -2.27. The molecule has 0 saturated heterocycles. The molecular weight excluding hydrogens is 240 g/mol. The second-order valence-corrected chi connectivity index (χ2v) is 6.54. The van der Waals surface area contributed by atoms with Crippen LogP contribution in [0.25, 0.3) is 10.2 Å². The predicted octanol–water partition coefficient (Wildman–Crippen LogP) is 3.96. The molecule has 1 aliphatic rings. The van der Waals surface area contributed by atoms with E-state index in [9.17, 15) is 0 Å². The summed E-state index contributed by atoms with van der Waals surface area (Å²) in [5.74, 6) is 0.881. The molecule has 3 heteroatoms. The van der Waals surface area contributed by atoms with Crippen molar-refractivity contribution in [2.75, 3.05) is 0 Å². The third-order valence-corrected chi connectivity index (χ3v) is 4.85. The van der Waals surface area contributed by atoms with Crippen LogP contribution in [0.5, 0.6) is 0 Å². The third-order valence-electron chi connectivity index (χ3n) is 3.82. The van der Waals surface area contributed by atoms with E-state index < -0.39 is 0 Å². The van der Waals surface area contributed by atoms with Crippen LogP contribution < -0.4 is 5.32 Å². The Bertz CT molecular complexity index is 487. The lowest BCUT2D eigenvalue weighted by molar-refractivity contribution is 0.300. The third kappa shape index (κ3) is 2.73. The summed E-state index contributed by atoms with van der Waals surface area (Å²) in [6, 6.07) is 9.08. The van der Waals surface area contributed by atoms with E-state index in [1.807, 2.05) is 11.3 Å². The zero-order chi connectivity index (χ0) is 12.4. The summed E-state index contributed by atoms with van der Waals surface area (Å²) in [6.07, 6.45) is 5.43. The van der Waals surface area contributed by atoms with Crippen LogP contribution in [0.3, 0.4) is 0 Å². The number of rotatable bonds is 3. The van der Waals surface area contributed by atoms with Gasteiger partial charge in [-0.15, -0.1) is 11.3 Å². The highest BCUT2D eigenvalue weighted by Gasteiger charge is 2.18. The van der Waals surface area contributed by atoms with E-state index >= 15 is 0 Å². The molecule has 1 N–H and O–H groups in total. The van der Waals surface area contributed by atoms with E-state index in [2.05, 4.69) is 41.5 Å². The molecule has 2 atom stereocenters. The van der Waals surface area contributed by atoms with E-state index in [0.29, 0.717) is 6.04 Å². The van der Waals surface area contributed by atoms with Gasteiger partial charge in [0.1, 0.15) is 5.01 Å². The number of para-hydroxylation sites is 1. The number of benzene rings is 1. The number of nitrogens with zero attached hydrogens (tertiary/aromatic N) is 1. The summed E-state index contributed by atoms with van der Waals surface area (Å²) in [5, 5.41) is 4.89. The summed E-state index contributed by atoms with van der Waals surface area (Å²) in [5.41, 5.74) is 1.14. The Morgan fingerprint density at radius 2 is 2.22 bits per heavy atom. The minimum atomic E-state index is 0.695. The summed E-state index contributed by atoms with van der Waals surface area (Å²) in [7, 11) is 0. The van der Waals surface area contributed by atoms with Gasteiger partial charge in [0.2, 0.25) is 0 Å². The molecule has 18 heavy (non-hydrogen) atoms. The van der Waals surface area contributed by atoms with E-state index in [1.165, 1.54) is 35.4 Å². The van der Waals surface area contributed by atoms with E-state index in [1.54, 1.807) is 0 Å². The molecule has 1 heterocycles. The first-order valence-corrected chi connectivity index (χ1v) is 7.71. The summed E-state index contributed by atoms with van der Waals surface area (Å²) in [4.78, 5) is 4.67.